The molecule has 1 amide bonds. The lowest BCUT2D eigenvalue weighted by molar-refractivity contribution is -0.126. The number of rotatable bonds is 4. The fourth-order valence-electron chi connectivity index (χ4n) is 3.21. The third kappa shape index (κ3) is 2.91. The topological polar surface area (TPSA) is 64.9 Å². The van der Waals surface area contributed by atoms with Gasteiger partial charge in [0.1, 0.15) is 6.61 Å². The van der Waals surface area contributed by atoms with E-state index < -0.39 is 0 Å². The number of para-hydroxylation sites is 1. The van der Waals surface area contributed by atoms with Crippen molar-refractivity contribution in [3.05, 3.63) is 59.9 Å². The van der Waals surface area contributed by atoms with Crippen LogP contribution >= 0.6 is 0 Å². The van der Waals surface area contributed by atoms with E-state index in [-0.39, 0.29) is 11.8 Å². The molecule has 0 saturated carbocycles. The molecule has 0 aliphatic carbocycles. The summed E-state index contributed by atoms with van der Waals surface area (Å²) in [4.78, 5) is 12.6. The average Bonchev–Trinajstić information content (AvgIpc) is 3.14. The van der Waals surface area contributed by atoms with E-state index in [1.807, 2.05) is 42.6 Å². The van der Waals surface area contributed by atoms with Gasteiger partial charge in [0.05, 0.1) is 18.5 Å². The maximum atomic E-state index is 12.6. The molecular formula is C19H19N3O3. The highest BCUT2D eigenvalue weighted by molar-refractivity contribution is 5.80. The van der Waals surface area contributed by atoms with E-state index in [0.29, 0.717) is 25.3 Å². The first-order valence-corrected chi connectivity index (χ1v) is 8.24. The zero-order chi connectivity index (χ0) is 17.2. The van der Waals surface area contributed by atoms with Crippen LogP contribution in [0.2, 0.25) is 0 Å². The second-order valence-electron chi connectivity index (χ2n) is 6.07. The van der Waals surface area contributed by atoms with Gasteiger partial charge in [-0.15, -0.1) is 0 Å². The van der Waals surface area contributed by atoms with Gasteiger partial charge >= 0.3 is 0 Å². The standard InChI is InChI=1S/C19H19N3O3/c1-24-17-6-2-4-13-10-15(12-25-18(13)17)19(23)20-11-14-5-3-9-22-16(14)7-8-21-22/h2-9,15H,10-12H2,1H3,(H,20,23). The molecule has 6 nitrogen and oxygen atoms in total. The summed E-state index contributed by atoms with van der Waals surface area (Å²) in [6.07, 6.45) is 4.29. The van der Waals surface area contributed by atoms with Crippen molar-refractivity contribution < 1.29 is 14.3 Å². The Hall–Kier alpha value is -3.02. The normalized spacial score (nSPS) is 16.1. The molecule has 25 heavy (non-hydrogen) atoms. The number of hydrogen-bond donors (Lipinski definition) is 1. The largest absolute Gasteiger partial charge is 0.493 e. The molecule has 2 aromatic heterocycles. The Morgan fingerprint density at radius 2 is 2.28 bits per heavy atom. The van der Waals surface area contributed by atoms with Crippen LogP contribution in [0.1, 0.15) is 11.1 Å². The molecular weight excluding hydrogens is 318 g/mol. The van der Waals surface area contributed by atoms with Crippen LogP contribution < -0.4 is 14.8 Å². The molecule has 0 fully saturated rings. The summed E-state index contributed by atoms with van der Waals surface area (Å²) in [5, 5.41) is 7.23. The number of benzene rings is 1. The second kappa shape index (κ2) is 6.47. The van der Waals surface area contributed by atoms with Crippen LogP contribution in [0.4, 0.5) is 0 Å². The minimum Gasteiger partial charge on any atom is -0.493 e. The smallest absolute Gasteiger partial charge is 0.227 e. The maximum absolute atomic E-state index is 12.6. The summed E-state index contributed by atoms with van der Waals surface area (Å²) in [6, 6.07) is 11.6. The third-order valence-electron chi connectivity index (χ3n) is 4.52. The molecule has 0 bridgehead atoms. The fourth-order valence-corrected chi connectivity index (χ4v) is 3.21. The second-order valence-corrected chi connectivity index (χ2v) is 6.07. The highest BCUT2D eigenvalue weighted by Gasteiger charge is 2.27. The predicted octanol–water partition coefficient (Wildman–Crippen LogP) is 2.21. The molecule has 3 aromatic rings. The van der Waals surface area contributed by atoms with Gasteiger partial charge in [-0.2, -0.15) is 5.10 Å². The minimum atomic E-state index is -0.204. The average molecular weight is 337 g/mol. The van der Waals surface area contributed by atoms with Crippen molar-refractivity contribution in [3.63, 3.8) is 0 Å². The first-order valence-electron chi connectivity index (χ1n) is 8.24. The zero-order valence-corrected chi connectivity index (χ0v) is 13.9. The first kappa shape index (κ1) is 15.5. The Morgan fingerprint density at radius 1 is 1.36 bits per heavy atom. The molecule has 0 radical (unpaired) electrons. The zero-order valence-electron chi connectivity index (χ0n) is 13.9. The molecule has 1 N–H and O–H groups in total. The molecule has 128 valence electrons. The van der Waals surface area contributed by atoms with Gasteiger partial charge in [0.25, 0.3) is 0 Å². The molecule has 6 heteroatoms. The van der Waals surface area contributed by atoms with E-state index in [4.69, 9.17) is 9.47 Å². The minimum absolute atomic E-state index is 0.00464. The third-order valence-corrected chi connectivity index (χ3v) is 4.52. The predicted molar refractivity (Wildman–Crippen MR) is 92.7 cm³/mol. The van der Waals surface area contributed by atoms with E-state index >= 15 is 0 Å². The number of ether oxygens (including phenoxy) is 2. The summed E-state index contributed by atoms with van der Waals surface area (Å²) in [5.41, 5.74) is 3.04. The van der Waals surface area contributed by atoms with Gasteiger partial charge in [-0.25, -0.2) is 4.52 Å². The Bertz CT molecular complexity index is 919. The summed E-state index contributed by atoms with van der Waals surface area (Å²) >= 11 is 0. The molecule has 1 atom stereocenters. The summed E-state index contributed by atoms with van der Waals surface area (Å²) in [6.45, 7) is 0.826. The van der Waals surface area contributed by atoms with Crippen LogP contribution in [0.25, 0.3) is 5.52 Å². The number of aromatic nitrogens is 2. The van der Waals surface area contributed by atoms with Crippen LogP contribution in [0, 0.1) is 5.92 Å². The molecule has 1 aliphatic heterocycles. The van der Waals surface area contributed by atoms with Gasteiger partial charge in [0.15, 0.2) is 11.5 Å². The van der Waals surface area contributed by atoms with Crippen LogP contribution in [0.15, 0.2) is 48.8 Å². The number of amides is 1. The van der Waals surface area contributed by atoms with Crippen molar-refractivity contribution in [1.82, 2.24) is 14.9 Å². The van der Waals surface area contributed by atoms with Crippen molar-refractivity contribution in [1.29, 1.82) is 0 Å². The monoisotopic (exact) mass is 337 g/mol. The lowest BCUT2D eigenvalue weighted by atomic mass is 9.95. The number of methoxy groups -OCH3 is 1. The van der Waals surface area contributed by atoms with Crippen molar-refractivity contribution in [2.45, 2.75) is 13.0 Å². The Balaban J connectivity index is 1.44. The number of carbonyl (C=O) groups excluding carboxylic acids is 1. The first-order chi connectivity index (χ1) is 12.3. The number of carbonyl (C=O) groups is 1. The number of nitrogens with zero attached hydrogens (tertiary/aromatic N) is 2. The Kier molecular flexibility index (Phi) is 4.01. The Labute approximate surface area is 145 Å². The number of pyridine rings is 1. The van der Waals surface area contributed by atoms with Gasteiger partial charge in [-0.1, -0.05) is 18.2 Å². The molecule has 1 aliphatic rings. The quantitative estimate of drug-likeness (QED) is 0.793. The highest BCUT2D eigenvalue weighted by Crippen LogP contribution is 2.36. The van der Waals surface area contributed by atoms with Gasteiger partial charge in [-0.3, -0.25) is 4.79 Å². The lowest BCUT2D eigenvalue weighted by Gasteiger charge is -2.25. The number of nitrogens with one attached hydrogen (secondary N) is 1. The summed E-state index contributed by atoms with van der Waals surface area (Å²) in [5.74, 6) is 1.25. The SMILES string of the molecule is COc1cccc2c1OCC(C(=O)NCc1cccn3nccc13)C2. The molecule has 0 spiro atoms. The van der Waals surface area contributed by atoms with Crippen molar-refractivity contribution in [2.24, 2.45) is 5.92 Å². The molecule has 4 rings (SSSR count). The van der Waals surface area contributed by atoms with Gasteiger partial charge in [0, 0.05) is 18.9 Å². The van der Waals surface area contributed by atoms with Crippen molar-refractivity contribution in [2.75, 3.05) is 13.7 Å². The van der Waals surface area contributed by atoms with Crippen molar-refractivity contribution in [3.8, 4) is 11.5 Å². The van der Waals surface area contributed by atoms with Crippen LogP contribution in [-0.4, -0.2) is 29.2 Å². The Morgan fingerprint density at radius 3 is 3.16 bits per heavy atom. The summed E-state index contributed by atoms with van der Waals surface area (Å²) in [7, 11) is 1.62. The van der Waals surface area contributed by atoms with E-state index in [1.54, 1.807) is 17.8 Å². The van der Waals surface area contributed by atoms with Gasteiger partial charge in [-0.05, 0) is 35.7 Å². The van der Waals surface area contributed by atoms with Gasteiger partial charge in [0.2, 0.25) is 5.91 Å². The van der Waals surface area contributed by atoms with E-state index in [1.165, 1.54) is 0 Å². The molecule has 1 aromatic carbocycles. The molecule has 1 unspecified atom stereocenters. The maximum Gasteiger partial charge on any atom is 0.227 e. The molecule has 3 heterocycles. The van der Waals surface area contributed by atoms with Crippen LogP contribution in [0.5, 0.6) is 11.5 Å². The highest BCUT2D eigenvalue weighted by atomic mass is 16.5. The molecule has 0 saturated heterocycles. The number of fused-ring (bicyclic) bond motifs is 2. The fraction of sp³-hybridized carbons (Fsp3) is 0.263. The van der Waals surface area contributed by atoms with Gasteiger partial charge < -0.3 is 14.8 Å². The van der Waals surface area contributed by atoms with E-state index in [0.717, 1.165) is 22.4 Å². The van der Waals surface area contributed by atoms with Crippen LogP contribution in [-0.2, 0) is 17.8 Å². The van der Waals surface area contributed by atoms with Crippen molar-refractivity contribution >= 4 is 11.4 Å². The summed E-state index contributed by atoms with van der Waals surface area (Å²) < 4.78 is 12.9. The van der Waals surface area contributed by atoms with Crippen LogP contribution in [0.3, 0.4) is 0 Å². The lowest BCUT2D eigenvalue weighted by Crippen LogP contribution is -2.37. The van der Waals surface area contributed by atoms with E-state index in [2.05, 4.69) is 10.4 Å². The van der Waals surface area contributed by atoms with E-state index in [9.17, 15) is 4.79 Å². The number of hydrogen-bond acceptors (Lipinski definition) is 4.